The molecule has 1 unspecified atom stereocenters. The van der Waals surface area contributed by atoms with E-state index in [1.807, 2.05) is 0 Å². The van der Waals surface area contributed by atoms with Gasteiger partial charge in [-0.15, -0.1) is 0 Å². The minimum atomic E-state index is -1.09. The van der Waals surface area contributed by atoms with Crippen LogP contribution in [0.2, 0.25) is 0 Å². The zero-order chi connectivity index (χ0) is 20.5. The smallest absolute Gasteiger partial charge is 0.391 e. The number of aromatic nitrogens is 1. The maximum Gasteiger partial charge on any atom is 0.418 e. The van der Waals surface area contributed by atoms with E-state index in [0.717, 1.165) is 4.47 Å². The number of likely N-dealkylation sites (N-methyl/N-ethyl adjacent to an activating group) is 1. The van der Waals surface area contributed by atoms with E-state index >= 15 is 0 Å². The van der Waals surface area contributed by atoms with Crippen LogP contribution in [0.4, 0.5) is 14.9 Å². The molecule has 1 aliphatic rings. The predicted octanol–water partition coefficient (Wildman–Crippen LogP) is 2.64. The van der Waals surface area contributed by atoms with Crippen molar-refractivity contribution in [3.8, 4) is 5.88 Å². The number of nitrogens with two attached hydrogens (primary N) is 1. The van der Waals surface area contributed by atoms with Gasteiger partial charge in [-0.05, 0) is 47.1 Å². The highest BCUT2D eigenvalue weighted by Crippen LogP contribution is 2.33. The van der Waals surface area contributed by atoms with Crippen LogP contribution in [-0.4, -0.2) is 41.3 Å². The average Bonchev–Trinajstić information content (AvgIpc) is 2.63. The van der Waals surface area contributed by atoms with E-state index in [4.69, 9.17) is 10.5 Å². The highest BCUT2D eigenvalue weighted by molar-refractivity contribution is 9.10. The third-order valence-electron chi connectivity index (χ3n) is 4.17. The fourth-order valence-corrected chi connectivity index (χ4v) is 3.13. The topological polar surface area (TPSA) is 110 Å². The monoisotopic (exact) mass is 449 g/mol. The van der Waals surface area contributed by atoms with Crippen molar-refractivity contribution in [2.75, 3.05) is 18.9 Å². The Labute approximate surface area is 168 Å². The Kier molecular flexibility index (Phi) is 5.32. The van der Waals surface area contributed by atoms with Gasteiger partial charge in [0, 0.05) is 35.0 Å². The molecule has 0 spiro atoms. The molecule has 0 aliphatic carbocycles. The van der Waals surface area contributed by atoms with Crippen molar-refractivity contribution >= 4 is 39.5 Å². The molecule has 0 saturated carbocycles. The molecule has 0 saturated heterocycles. The van der Waals surface area contributed by atoms with Crippen molar-refractivity contribution in [3.05, 3.63) is 52.4 Å². The maximum absolute atomic E-state index is 14.5. The second-order valence-corrected chi connectivity index (χ2v) is 7.37. The molecule has 28 heavy (non-hydrogen) atoms. The van der Waals surface area contributed by atoms with Crippen LogP contribution in [0.5, 0.6) is 5.88 Å². The molecule has 1 atom stereocenters. The Morgan fingerprint density at radius 2 is 2.14 bits per heavy atom. The van der Waals surface area contributed by atoms with Crippen LogP contribution in [0.15, 0.2) is 46.0 Å². The van der Waals surface area contributed by atoms with Crippen molar-refractivity contribution in [1.82, 2.24) is 9.88 Å². The van der Waals surface area contributed by atoms with Gasteiger partial charge in [-0.2, -0.15) is 0 Å². The highest BCUT2D eigenvalue weighted by Gasteiger charge is 2.37. The van der Waals surface area contributed by atoms with Gasteiger partial charge in [-0.3, -0.25) is 15.1 Å². The number of anilines is 1. The van der Waals surface area contributed by atoms with Gasteiger partial charge >= 0.3 is 6.09 Å². The van der Waals surface area contributed by atoms with Gasteiger partial charge in [-0.25, -0.2) is 14.2 Å². The van der Waals surface area contributed by atoms with Gasteiger partial charge in [-0.1, -0.05) is 0 Å². The summed E-state index contributed by atoms with van der Waals surface area (Å²) in [6.07, 6.45) is 0.708. The molecular weight excluding hydrogens is 433 g/mol. The predicted molar refractivity (Wildman–Crippen MR) is 105 cm³/mol. The first-order chi connectivity index (χ1) is 13.2. The molecule has 1 aliphatic heterocycles. The number of pyridine rings is 1. The molecule has 10 heteroatoms. The zero-order valence-electron chi connectivity index (χ0n) is 15.1. The molecule has 1 aromatic heterocycles. The number of halogens is 2. The summed E-state index contributed by atoms with van der Waals surface area (Å²) in [5.41, 5.74) is 5.08. The average molecular weight is 450 g/mol. The molecule has 0 fully saturated rings. The highest BCUT2D eigenvalue weighted by atomic mass is 79.9. The lowest BCUT2D eigenvalue weighted by Crippen LogP contribution is -2.50. The van der Waals surface area contributed by atoms with E-state index in [9.17, 15) is 14.0 Å². The number of carbonyl (C=O) groups is 2. The van der Waals surface area contributed by atoms with Crippen LogP contribution in [0, 0.1) is 5.82 Å². The van der Waals surface area contributed by atoms with Crippen LogP contribution in [0.25, 0.3) is 0 Å². The van der Waals surface area contributed by atoms with Crippen LogP contribution in [-0.2, 0) is 10.3 Å². The molecule has 2 heterocycles. The molecule has 0 radical (unpaired) electrons. The fraction of sp³-hybridized carbons (Fsp3) is 0.222. The lowest BCUT2D eigenvalue weighted by molar-refractivity contribution is -0.124. The summed E-state index contributed by atoms with van der Waals surface area (Å²) in [4.78, 5) is 33.4. The summed E-state index contributed by atoms with van der Waals surface area (Å²) in [5, 5.41) is 2.52. The number of amidine groups is 1. The maximum atomic E-state index is 14.5. The number of carbonyl (C=O) groups excluding carboxylic acids is 2. The number of hydrogen-bond acceptors (Lipinski definition) is 6. The van der Waals surface area contributed by atoms with Crippen molar-refractivity contribution in [2.45, 2.75) is 12.5 Å². The van der Waals surface area contributed by atoms with E-state index < -0.39 is 23.4 Å². The summed E-state index contributed by atoms with van der Waals surface area (Å²) in [7, 11) is 1.56. The molecule has 8 nitrogen and oxygen atoms in total. The van der Waals surface area contributed by atoms with Gasteiger partial charge in [0.15, 0.2) is 5.84 Å². The largest absolute Gasteiger partial charge is 0.418 e. The zero-order valence-corrected chi connectivity index (χ0v) is 16.7. The molecule has 146 valence electrons. The number of benzene rings is 1. The van der Waals surface area contributed by atoms with Gasteiger partial charge in [0.25, 0.3) is 5.91 Å². The lowest BCUT2D eigenvalue weighted by atomic mass is 9.89. The molecule has 2 amide bonds. The summed E-state index contributed by atoms with van der Waals surface area (Å²) < 4.78 is 20.3. The minimum absolute atomic E-state index is 0.111. The number of amides is 2. The number of aliphatic imine (C=N–C) groups is 1. The van der Waals surface area contributed by atoms with E-state index in [1.165, 1.54) is 35.4 Å². The summed E-state index contributed by atoms with van der Waals surface area (Å²) >= 11 is 3.24. The Morgan fingerprint density at radius 3 is 2.79 bits per heavy atom. The summed E-state index contributed by atoms with van der Waals surface area (Å²) in [6, 6.07) is 7.23. The third kappa shape index (κ3) is 4.11. The quantitative estimate of drug-likeness (QED) is 0.748. The second kappa shape index (κ2) is 7.55. The first-order valence-electron chi connectivity index (χ1n) is 8.19. The summed E-state index contributed by atoms with van der Waals surface area (Å²) in [5.74, 6) is -1.04. The number of nitrogens with zero attached hydrogens (tertiary/aromatic N) is 3. The van der Waals surface area contributed by atoms with E-state index in [1.54, 1.807) is 20.0 Å². The number of nitrogens with one attached hydrogen (secondary N) is 1. The first-order valence-corrected chi connectivity index (χ1v) is 8.98. The molecular formula is C18H17BrFN5O3. The Hall–Kier alpha value is -3.01. The van der Waals surface area contributed by atoms with Gasteiger partial charge in [0.05, 0.1) is 6.54 Å². The van der Waals surface area contributed by atoms with Crippen LogP contribution >= 0.6 is 15.9 Å². The first kappa shape index (κ1) is 19.7. The van der Waals surface area contributed by atoms with Crippen molar-refractivity contribution in [2.24, 2.45) is 10.7 Å². The van der Waals surface area contributed by atoms with Crippen molar-refractivity contribution < 1.29 is 18.7 Å². The molecule has 0 bridgehead atoms. The number of hydrogen-bond donors (Lipinski definition) is 2. The van der Waals surface area contributed by atoms with Crippen LogP contribution < -0.4 is 15.8 Å². The standard InChI is InChI=1S/C18H17BrFN5O3/c1-18(9-25(2)16(26)15(21)24-18)12-7-11(4-5-13(12)20)23-17(27)28-14-6-3-10(19)8-22-14/h3-8H,9H2,1-2H3,(H2,21,24)(H,23,27). The third-order valence-corrected chi connectivity index (χ3v) is 4.64. The number of rotatable bonds is 3. The van der Waals surface area contributed by atoms with E-state index in [0.29, 0.717) is 5.69 Å². The van der Waals surface area contributed by atoms with Gasteiger partial charge < -0.3 is 15.4 Å². The molecule has 1 aromatic carbocycles. The second-order valence-electron chi connectivity index (χ2n) is 6.46. The Morgan fingerprint density at radius 1 is 1.39 bits per heavy atom. The Bertz CT molecular complexity index is 966. The van der Waals surface area contributed by atoms with E-state index in [2.05, 4.69) is 31.2 Å². The lowest BCUT2D eigenvalue weighted by Gasteiger charge is -2.35. The van der Waals surface area contributed by atoms with Gasteiger partial charge in [0.1, 0.15) is 11.4 Å². The van der Waals surface area contributed by atoms with Crippen molar-refractivity contribution in [3.63, 3.8) is 0 Å². The molecule has 2 aromatic rings. The molecule has 3 rings (SSSR count). The minimum Gasteiger partial charge on any atom is -0.391 e. The molecule has 3 N–H and O–H groups in total. The van der Waals surface area contributed by atoms with Crippen LogP contribution in [0.1, 0.15) is 12.5 Å². The Balaban J connectivity index is 1.82. The fourth-order valence-electron chi connectivity index (χ4n) is 2.90. The van der Waals surface area contributed by atoms with E-state index in [-0.39, 0.29) is 23.8 Å². The van der Waals surface area contributed by atoms with Crippen molar-refractivity contribution in [1.29, 1.82) is 0 Å². The number of ether oxygens (including phenoxy) is 1. The van der Waals surface area contributed by atoms with Crippen LogP contribution in [0.3, 0.4) is 0 Å². The normalized spacial score (nSPS) is 19.2. The van der Waals surface area contributed by atoms with Gasteiger partial charge in [0.2, 0.25) is 5.88 Å². The summed E-state index contributed by atoms with van der Waals surface area (Å²) in [6.45, 7) is 1.80. The SMILES string of the molecule is CN1CC(C)(c2cc(NC(=O)Oc3ccc(Br)cn3)ccc2F)N=C(N)C1=O.